The summed E-state index contributed by atoms with van der Waals surface area (Å²) in [5.74, 6) is -0.215. The molecule has 0 saturated heterocycles. The van der Waals surface area contributed by atoms with Gasteiger partial charge in [0.2, 0.25) is 0 Å². The smallest absolute Gasteiger partial charge is 0.251 e. The number of halogens is 2. The number of carbonyl (C=O) groups excluding carboxylic acids is 1. The fraction of sp³-hybridized carbons (Fsp3) is 0.111. The summed E-state index contributed by atoms with van der Waals surface area (Å²) in [4.78, 5) is 12.3. The maximum Gasteiger partial charge on any atom is 0.251 e. The van der Waals surface area contributed by atoms with Crippen LogP contribution in [0.15, 0.2) is 60.9 Å². The molecule has 1 amide bonds. The van der Waals surface area contributed by atoms with Crippen molar-refractivity contribution in [2.75, 3.05) is 0 Å². The van der Waals surface area contributed by atoms with Gasteiger partial charge in [0.1, 0.15) is 0 Å². The Bertz CT molecular complexity index is 827. The molecule has 0 atom stereocenters. The van der Waals surface area contributed by atoms with E-state index in [1.807, 2.05) is 41.2 Å². The van der Waals surface area contributed by atoms with E-state index in [1.165, 1.54) is 0 Å². The van der Waals surface area contributed by atoms with Gasteiger partial charge in [0, 0.05) is 34.5 Å². The molecule has 4 nitrogen and oxygen atoms in total. The summed E-state index contributed by atoms with van der Waals surface area (Å²) in [6.45, 7) is 1.07. The largest absolute Gasteiger partial charge is 0.348 e. The molecule has 0 aliphatic carbocycles. The van der Waals surface area contributed by atoms with Crippen molar-refractivity contribution in [2.24, 2.45) is 0 Å². The van der Waals surface area contributed by atoms with E-state index in [2.05, 4.69) is 10.4 Å². The third-order valence-electron chi connectivity index (χ3n) is 3.57. The van der Waals surface area contributed by atoms with Crippen molar-refractivity contribution in [3.8, 4) is 0 Å². The molecule has 1 aromatic heterocycles. The average Bonchev–Trinajstić information content (AvgIpc) is 3.06. The topological polar surface area (TPSA) is 46.9 Å². The molecule has 2 aromatic carbocycles. The fourth-order valence-electron chi connectivity index (χ4n) is 2.42. The lowest BCUT2D eigenvalue weighted by Gasteiger charge is -2.11. The predicted octanol–water partition coefficient (Wildman–Crippen LogP) is 4.17. The molecule has 0 unspecified atom stereocenters. The molecule has 6 heteroatoms. The van der Waals surface area contributed by atoms with Gasteiger partial charge in [-0.15, -0.1) is 0 Å². The summed E-state index contributed by atoms with van der Waals surface area (Å²) in [5.41, 5.74) is 2.58. The first-order valence-corrected chi connectivity index (χ1v) is 8.16. The lowest BCUT2D eigenvalue weighted by Crippen LogP contribution is -2.23. The van der Waals surface area contributed by atoms with E-state index in [4.69, 9.17) is 23.2 Å². The van der Waals surface area contributed by atoms with Crippen LogP contribution in [0.3, 0.4) is 0 Å². The van der Waals surface area contributed by atoms with Crippen LogP contribution in [0.4, 0.5) is 0 Å². The number of nitrogens with zero attached hydrogens (tertiary/aromatic N) is 2. The highest BCUT2D eigenvalue weighted by Gasteiger charge is 2.09. The van der Waals surface area contributed by atoms with Gasteiger partial charge >= 0.3 is 0 Å². The van der Waals surface area contributed by atoms with Gasteiger partial charge in [-0.25, -0.2) is 0 Å². The molecule has 3 rings (SSSR count). The number of aromatic nitrogens is 2. The summed E-state index contributed by atoms with van der Waals surface area (Å²) in [7, 11) is 0. The van der Waals surface area contributed by atoms with Gasteiger partial charge in [-0.1, -0.05) is 47.5 Å². The van der Waals surface area contributed by atoms with Crippen molar-refractivity contribution < 1.29 is 4.79 Å². The Labute approximate surface area is 150 Å². The van der Waals surface area contributed by atoms with Crippen LogP contribution in [0.5, 0.6) is 0 Å². The Morgan fingerprint density at radius 1 is 1.04 bits per heavy atom. The quantitative estimate of drug-likeness (QED) is 0.742. The third kappa shape index (κ3) is 4.16. The van der Waals surface area contributed by atoms with Gasteiger partial charge in [0.15, 0.2) is 0 Å². The zero-order valence-corrected chi connectivity index (χ0v) is 14.3. The molecular formula is C18H15Cl2N3O. The van der Waals surface area contributed by atoms with Gasteiger partial charge in [0.05, 0.1) is 6.54 Å². The first-order valence-electron chi connectivity index (χ1n) is 7.40. The summed E-state index contributed by atoms with van der Waals surface area (Å²) < 4.78 is 1.84. The molecule has 0 saturated carbocycles. The minimum absolute atomic E-state index is 0.215. The van der Waals surface area contributed by atoms with Crippen molar-refractivity contribution >= 4 is 29.1 Å². The lowest BCUT2D eigenvalue weighted by molar-refractivity contribution is 0.0951. The molecule has 0 bridgehead atoms. The van der Waals surface area contributed by atoms with Crippen LogP contribution < -0.4 is 5.32 Å². The average molecular weight is 360 g/mol. The second-order valence-electron chi connectivity index (χ2n) is 5.31. The maximum atomic E-state index is 12.3. The number of benzene rings is 2. The summed E-state index contributed by atoms with van der Waals surface area (Å²) in [5, 5.41) is 7.99. The summed E-state index contributed by atoms with van der Waals surface area (Å²) in [6.07, 6.45) is 3.65. The number of rotatable bonds is 5. The standard InChI is InChI=1S/C18H15Cl2N3O/c19-16-8-15(9-17(20)10-16)18(24)21-11-13-4-1-2-5-14(13)12-23-7-3-6-22-23/h1-10H,11-12H2,(H,21,24). The Morgan fingerprint density at radius 3 is 2.42 bits per heavy atom. The lowest BCUT2D eigenvalue weighted by atomic mass is 10.1. The molecule has 122 valence electrons. The van der Waals surface area contributed by atoms with Crippen LogP contribution in [0.2, 0.25) is 10.0 Å². The Hall–Kier alpha value is -2.30. The highest BCUT2D eigenvalue weighted by molar-refractivity contribution is 6.35. The van der Waals surface area contributed by atoms with E-state index in [0.29, 0.717) is 28.7 Å². The summed E-state index contributed by atoms with van der Waals surface area (Å²) in [6, 6.07) is 14.6. The van der Waals surface area contributed by atoms with E-state index in [1.54, 1.807) is 24.4 Å². The first kappa shape index (κ1) is 16.6. The molecule has 0 aliphatic rings. The number of hydrogen-bond acceptors (Lipinski definition) is 2. The normalized spacial score (nSPS) is 10.6. The van der Waals surface area contributed by atoms with Gasteiger partial charge < -0.3 is 5.32 Å². The maximum absolute atomic E-state index is 12.3. The zero-order valence-electron chi connectivity index (χ0n) is 12.7. The molecule has 1 heterocycles. The molecule has 0 spiro atoms. The monoisotopic (exact) mass is 359 g/mol. The summed E-state index contributed by atoms with van der Waals surface area (Å²) >= 11 is 11.9. The van der Waals surface area contributed by atoms with E-state index >= 15 is 0 Å². The van der Waals surface area contributed by atoms with Crippen molar-refractivity contribution in [2.45, 2.75) is 13.1 Å². The van der Waals surface area contributed by atoms with Gasteiger partial charge in [-0.05, 0) is 35.4 Å². The molecular weight excluding hydrogens is 345 g/mol. The van der Waals surface area contributed by atoms with E-state index in [0.717, 1.165) is 11.1 Å². The van der Waals surface area contributed by atoms with Crippen LogP contribution in [-0.4, -0.2) is 15.7 Å². The van der Waals surface area contributed by atoms with Gasteiger partial charge in [-0.3, -0.25) is 9.48 Å². The van der Waals surface area contributed by atoms with Crippen LogP contribution in [0.1, 0.15) is 21.5 Å². The second-order valence-corrected chi connectivity index (χ2v) is 6.19. The number of hydrogen-bond donors (Lipinski definition) is 1. The third-order valence-corrected chi connectivity index (χ3v) is 4.01. The predicted molar refractivity (Wildman–Crippen MR) is 95.4 cm³/mol. The second kappa shape index (κ2) is 7.51. The number of nitrogens with one attached hydrogen (secondary N) is 1. The van der Waals surface area contributed by atoms with Crippen LogP contribution in [-0.2, 0) is 13.1 Å². The van der Waals surface area contributed by atoms with Crippen molar-refractivity contribution in [3.63, 3.8) is 0 Å². The highest BCUT2D eigenvalue weighted by atomic mass is 35.5. The minimum Gasteiger partial charge on any atom is -0.348 e. The van der Waals surface area contributed by atoms with Crippen LogP contribution >= 0.6 is 23.2 Å². The van der Waals surface area contributed by atoms with Crippen molar-refractivity contribution in [1.29, 1.82) is 0 Å². The number of amides is 1. The highest BCUT2D eigenvalue weighted by Crippen LogP contribution is 2.19. The number of carbonyl (C=O) groups is 1. The first-order chi connectivity index (χ1) is 11.6. The van der Waals surface area contributed by atoms with E-state index in [9.17, 15) is 4.79 Å². The van der Waals surface area contributed by atoms with Crippen molar-refractivity contribution in [3.05, 3.63) is 87.7 Å². The van der Waals surface area contributed by atoms with Crippen LogP contribution in [0.25, 0.3) is 0 Å². The molecule has 1 N–H and O–H groups in total. The zero-order chi connectivity index (χ0) is 16.9. The Balaban J connectivity index is 1.71. The van der Waals surface area contributed by atoms with E-state index < -0.39 is 0 Å². The molecule has 24 heavy (non-hydrogen) atoms. The van der Waals surface area contributed by atoms with E-state index in [-0.39, 0.29) is 5.91 Å². The molecule has 3 aromatic rings. The van der Waals surface area contributed by atoms with Crippen LogP contribution in [0, 0.1) is 0 Å². The SMILES string of the molecule is O=C(NCc1ccccc1Cn1cccn1)c1cc(Cl)cc(Cl)c1. The van der Waals surface area contributed by atoms with Crippen molar-refractivity contribution in [1.82, 2.24) is 15.1 Å². The van der Waals surface area contributed by atoms with Gasteiger partial charge in [0.25, 0.3) is 5.91 Å². The Kier molecular flexibility index (Phi) is 5.18. The Morgan fingerprint density at radius 2 is 1.75 bits per heavy atom. The minimum atomic E-state index is -0.215. The fourth-order valence-corrected chi connectivity index (χ4v) is 2.94. The molecule has 0 aliphatic heterocycles. The molecule has 0 fully saturated rings. The van der Waals surface area contributed by atoms with Gasteiger partial charge in [-0.2, -0.15) is 5.10 Å². The molecule has 0 radical (unpaired) electrons.